The summed E-state index contributed by atoms with van der Waals surface area (Å²) in [6.07, 6.45) is 5.11. The van der Waals surface area contributed by atoms with E-state index < -0.39 is 5.97 Å². The third kappa shape index (κ3) is 3.33. The minimum atomic E-state index is -0.713. The second-order valence-electron chi connectivity index (χ2n) is 5.79. The molecule has 20 heavy (non-hydrogen) atoms. The number of anilines is 1. The summed E-state index contributed by atoms with van der Waals surface area (Å²) in [7, 11) is 0. The highest BCUT2D eigenvalue weighted by atomic mass is 16.4. The molecule has 3 nitrogen and oxygen atoms in total. The molecule has 0 bridgehead atoms. The van der Waals surface area contributed by atoms with Crippen molar-refractivity contribution in [3.63, 3.8) is 0 Å². The lowest BCUT2D eigenvalue weighted by Gasteiger charge is -2.35. The molecule has 2 atom stereocenters. The summed E-state index contributed by atoms with van der Waals surface area (Å²) in [4.78, 5) is 13.3. The molecule has 0 heterocycles. The van der Waals surface area contributed by atoms with Crippen molar-refractivity contribution in [1.29, 1.82) is 0 Å². The molecule has 1 aromatic rings. The Balaban J connectivity index is 2.24. The van der Waals surface area contributed by atoms with Gasteiger partial charge in [0.15, 0.2) is 0 Å². The van der Waals surface area contributed by atoms with E-state index >= 15 is 0 Å². The molecule has 0 amide bonds. The maximum Gasteiger partial charge on any atom is 0.305 e. The summed E-state index contributed by atoms with van der Waals surface area (Å²) in [6.45, 7) is 4.97. The van der Waals surface area contributed by atoms with Crippen LogP contribution in [0.4, 0.5) is 5.69 Å². The quantitative estimate of drug-likeness (QED) is 0.857. The van der Waals surface area contributed by atoms with Crippen molar-refractivity contribution < 1.29 is 9.90 Å². The van der Waals surface area contributed by atoms with Gasteiger partial charge in [0, 0.05) is 18.3 Å². The molecule has 0 saturated heterocycles. The van der Waals surface area contributed by atoms with Crippen LogP contribution in [0.5, 0.6) is 0 Å². The molecule has 1 aromatic carbocycles. The number of rotatable bonds is 6. The molecule has 1 saturated carbocycles. The van der Waals surface area contributed by atoms with E-state index in [0.717, 1.165) is 0 Å². The highest BCUT2D eigenvalue weighted by Crippen LogP contribution is 2.36. The predicted molar refractivity (Wildman–Crippen MR) is 82.2 cm³/mol. The standard InChI is InChI=1S/C17H25NO2/c1-3-14-8-6-10-16(14)18(12-11-17(19)20)15-9-5-4-7-13(15)2/h4-5,7,9,14,16H,3,6,8,10-12H2,1-2H3,(H,19,20). The first-order valence-electron chi connectivity index (χ1n) is 7.67. The number of carboxylic acid groups (broad SMARTS) is 1. The summed E-state index contributed by atoms with van der Waals surface area (Å²) >= 11 is 0. The van der Waals surface area contributed by atoms with Gasteiger partial charge in [0.1, 0.15) is 0 Å². The summed E-state index contributed by atoms with van der Waals surface area (Å²) < 4.78 is 0. The molecule has 110 valence electrons. The van der Waals surface area contributed by atoms with Gasteiger partial charge in [-0.2, -0.15) is 0 Å². The molecule has 0 radical (unpaired) electrons. The Kier molecular flexibility index (Phi) is 5.05. The summed E-state index contributed by atoms with van der Waals surface area (Å²) in [5, 5.41) is 9.02. The zero-order valence-corrected chi connectivity index (χ0v) is 12.5. The number of benzene rings is 1. The van der Waals surface area contributed by atoms with Gasteiger partial charge >= 0.3 is 5.97 Å². The van der Waals surface area contributed by atoms with Crippen LogP contribution in [-0.4, -0.2) is 23.7 Å². The topological polar surface area (TPSA) is 40.5 Å². The van der Waals surface area contributed by atoms with E-state index in [9.17, 15) is 4.79 Å². The Hall–Kier alpha value is -1.51. The van der Waals surface area contributed by atoms with Crippen molar-refractivity contribution in [3.8, 4) is 0 Å². The zero-order chi connectivity index (χ0) is 14.5. The van der Waals surface area contributed by atoms with Gasteiger partial charge < -0.3 is 10.0 Å². The highest BCUT2D eigenvalue weighted by Gasteiger charge is 2.31. The van der Waals surface area contributed by atoms with Crippen LogP contribution in [0.1, 0.15) is 44.6 Å². The molecule has 0 aliphatic heterocycles. The maximum atomic E-state index is 11.0. The van der Waals surface area contributed by atoms with Gasteiger partial charge in [0.25, 0.3) is 0 Å². The van der Waals surface area contributed by atoms with E-state index in [2.05, 4.69) is 30.9 Å². The van der Waals surface area contributed by atoms with Crippen molar-refractivity contribution in [1.82, 2.24) is 0 Å². The van der Waals surface area contributed by atoms with Crippen LogP contribution in [0.15, 0.2) is 24.3 Å². The first-order chi connectivity index (χ1) is 9.63. The fraction of sp³-hybridized carbons (Fsp3) is 0.588. The van der Waals surface area contributed by atoms with Crippen molar-refractivity contribution in [3.05, 3.63) is 29.8 Å². The monoisotopic (exact) mass is 275 g/mol. The zero-order valence-electron chi connectivity index (χ0n) is 12.5. The second-order valence-corrected chi connectivity index (χ2v) is 5.79. The summed E-state index contributed by atoms with van der Waals surface area (Å²) in [5.41, 5.74) is 2.44. The van der Waals surface area contributed by atoms with E-state index in [0.29, 0.717) is 18.5 Å². The van der Waals surface area contributed by atoms with E-state index in [1.165, 1.54) is 36.9 Å². The number of para-hydroxylation sites is 1. The van der Waals surface area contributed by atoms with Gasteiger partial charge in [0.05, 0.1) is 6.42 Å². The molecule has 3 heteroatoms. The van der Waals surface area contributed by atoms with Crippen LogP contribution in [0.2, 0.25) is 0 Å². The van der Waals surface area contributed by atoms with Crippen LogP contribution in [-0.2, 0) is 4.79 Å². The number of aryl methyl sites for hydroxylation is 1. The van der Waals surface area contributed by atoms with E-state index in [1.54, 1.807) is 0 Å². The lowest BCUT2D eigenvalue weighted by Crippen LogP contribution is -2.39. The second kappa shape index (κ2) is 6.78. The maximum absolute atomic E-state index is 11.0. The van der Waals surface area contributed by atoms with Gasteiger partial charge in [-0.1, -0.05) is 38.0 Å². The molecule has 1 aliphatic carbocycles. The normalized spacial score (nSPS) is 21.9. The Bertz CT molecular complexity index is 458. The van der Waals surface area contributed by atoms with Crippen LogP contribution < -0.4 is 4.90 Å². The molecule has 0 spiro atoms. The van der Waals surface area contributed by atoms with Gasteiger partial charge in [-0.25, -0.2) is 0 Å². The molecular formula is C17H25NO2. The average molecular weight is 275 g/mol. The third-order valence-electron chi connectivity index (χ3n) is 4.54. The van der Waals surface area contributed by atoms with Gasteiger partial charge in [-0.05, 0) is 37.3 Å². The van der Waals surface area contributed by atoms with Gasteiger partial charge in [-0.3, -0.25) is 4.79 Å². The lowest BCUT2D eigenvalue weighted by molar-refractivity contribution is -0.136. The van der Waals surface area contributed by atoms with Crippen molar-refractivity contribution in [2.24, 2.45) is 5.92 Å². The molecular weight excluding hydrogens is 250 g/mol. The molecule has 1 N–H and O–H groups in total. The molecule has 1 fully saturated rings. The number of carbonyl (C=O) groups is 1. The van der Waals surface area contributed by atoms with Crippen molar-refractivity contribution in [2.45, 2.75) is 52.0 Å². The fourth-order valence-electron chi connectivity index (χ4n) is 3.47. The molecule has 1 aliphatic rings. The SMILES string of the molecule is CCC1CCCC1N(CCC(=O)O)c1ccccc1C. The summed E-state index contributed by atoms with van der Waals surface area (Å²) in [5.74, 6) is -0.0157. The third-order valence-corrected chi connectivity index (χ3v) is 4.54. The smallest absolute Gasteiger partial charge is 0.305 e. The first kappa shape index (κ1) is 14.9. The Labute approximate surface area is 121 Å². The number of nitrogens with zero attached hydrogens (tertiary/aromatic N) is 1. The number of carboxylic acids is 1. The van der Waals surface area contributed by atoms with Gasteiger partial charge in [-0.15, -0.1) is 0 Å². The predicted octanol–water partition coefficient (Wildman–Crippen LogP) is 3.85. The number of hydrogen-bond donors (Lipinski definition) is 1. The number of hydrogen-bond acceptors (Lipinski definition) is 2. The molecule has 0 aromatic heterocycles. The minimum absolute atomic E-state index is 0.210. The first-order valence-corrected chi connectivity index (χ1v) is 7.67. The van der Waals surface area contributed by atoms with Crippen LogP contribution >= 0.6 is 0 Å². The minimum Gasteiger partial charge on any atom is -0.481 e. The van der Waals surface area contributed by atoms with E-state index in [-0.39, 0.29) is 6.42 Å². The highest BCUT2D eigenvalue weighted by molar-refractivity contribution is 5.68. The fourth-order valence-corrected chi connectivity index (χ4v) is 3.47. The Morgan fingerprint density at radius 1 is 1.35 bits per heavy atom. The van der Waals surface area contributed by atoms with E-state index in [4.69, 9.17) is 5.11 Å². The van der Waals surface area contributed by atoms with Crippen LogP contribution in [0, 0.1) is 12.8 Å². The lowest BCUT2D eigenvalue weighted by atomic mass is 9.97. The average Bonchev–Trinajstić information content (AvgIpc) is 2.89. The molecule has 2 unspecified atom stereocenters. The number of aliphatic carboxylic acids is 1. The Morgan fingerprint density at radius 2 is 2.10 bits per heavy atom. The van der Waals surface area contributed by atoms with Crippen LogP contribution in [0.3, 0.4) is 0 Å². The largest absolute Gasteiger partial charge is 0.481 e. The van der Waals surface area contributed by atoms with Gasteiger partial charge in [0.2, 0.25) is 0 Å². The van der Waals surface area contributed by atoms with Crippen LogP contribution in [0.25, 0.3) is 0 Å². The molecule has 2 rings (SSSR count). The summed E-state index contributed by atoms with van der Waals surface area (Å²) in [6, 6.07) is 8.83. The Morgan fingerprint density at radius 3 is 2.75 bits per heavy atom. The van der Waals surface area contributed by atoms with Crippen molar-refractivity contribution >= 4 is 11.7 Å². The van der Waals surface area contributed by atoms with Crippen molar-refractivity contribution in [2.75, 3.05) is 11.4 Å². The van der Waals surface area contributed by atoms with E-state index in [1.807, 2.05) is 12.1 Å².